The van der Waals surface area contributed by atoms with Gasteiger partial charge in [-0.2, -0.15) is 0 Å². The van der Waals surface area contributed by atoms with Gasteiger partial charge in [-0.3, -0.25) is 0 Å². The van der Waals surface area contributed by atoms with Gasteiger partial charge in [-0.15, -0.1) is 0 Å². The number of hydrogen-bond acceptors (Lipinski definition) is 1. The Morgan fingerprint density at radius 1 is 0.862 bits per heavy atom. The summed E-state index contributed by atoms with van der Waals surface area (Å²) in [5.41, 5.74) is 5.46. The lowest BCUT2D eigenvalue weighted by molar-refractivity contribution is 0.0696. The molecular formula is C27H26O2. The molecule has 2 unspecified atom stereocenters. The van der Waals surface area contributed by atoms with E-state index < -0.39 is 5.97 Å². The molecule has 1 N–H and O–H groups in total. The summed E-state index contributed by atoms with van der Waals surface area (Å²) in [7, 11) is 0. The first kappa shape index (κ1) is 19.2. The Balaban J connectivity index is 1.82. The number of carboxylic acid groups (broad SMARTS) is 1. The molecule has 0 spiro atoms. The first-order valence-corrected chi connectivity index (χ1v) is 10.1. The number of carboxylic acids is 1. The summed E-state index contributed by atoms with van der Waals surface area (Å²) in [5, 5.41) is 9.23. The molecule has 0 amide bonds. The van der Waals surface area contributed by atoms with Crippen LogP contribution in [0.1, 0.15) is 53.2 Å². The molecule has 2 heteroatoms. The first-order valence-electron chi connectivity index (χ1n) is 10.1. The smallest absolute Gasteiger partial charge is 0.335 e. The second kappa shape index (κ2) is 7.71. The lowest BCUT2D eigenvalue weighted by Gasteiger charge is -2.56. The SMILES string of the molecule is CC(C)=CC1C(c2ccc(C(=O)O)cc2)CC1(c1ccccc1)c1ccccc1. The fourth-order valence-corrected chi connectivity index (χ4v) is 4.87. The molecule has 0 saturated heterocycles. The average molecular weight is 383 g/mol. The van der Waals surface area contributed by atoms with E-state index in [0.717, 1.165) is 6.42 Å². The van der Waals surface area contributed by atoms with Gasteiger partial charge in [0.2, 0.25) is 0 Å². The molecule has 146 valence electrons. The number of carbonyl (C=O) groups is 1. The van der Waals surface area contributed by atoms with E-state index in [1.54, 1.807) is 12.1 Å². The maximum absolute atomic E-state index is 11.2. The molecule has 0 aromatic heterocycles. The molecule has 3 aromatic carbocycles. The van der Waals surface area contributed by atoms with Crippen LogP contribution in [-0.2, 0) is 5.41 Å². The van der Waals surface area contributed by atoms with Gasteiger partial charge in [-0.25, -0.2) is 4.79 Å². The molecule has 29 heavy (non-hydrogen) atoms. The highest BCUT2D eigenvalue weighted by molar-refractivity contribution is 5.87. The van der Waals surface area contributed by atoms with Gasteiger partial charge in [0, 0.05) is 5.41 Å². The molecule has 2 nitrogen and oxygen atoms in total. The van der Waals surface area contributed by atoms with Crippen LogP contribution in [0.3, 0.4) is 0 Å². The van der Waals surface area contributed by atoms with Crippen molar-refractivity contribution in [3.8, 4) is 0 Å². The molecule has 1 fully saturated rings. The first-order chi connectivity index (χ1) is 14.0. The predicted molar refractivity (Wildman–Crippen MR) is 117 cm³/mol. The third kappa shape index (κ3) is 3.40. The Morgan fingerprint density at radius 2 is 1.38 bits per heavy atom. The van der Waals surface area contributed by atoms with Crippen LogP contribution in [-0.4, -0.2) is 11.1 Å². The zero-order valence-electron chi connectivity index (χ0n) is 16.9. The van der Waals surface area contributed by atoms with Crippen LogP contribution in [0, 0.1) is 5.92 Å². The zero-order valence-corrected chi connectivity index (χ0v) is 16.9. The van der Waals surface area contributed by atoms with Crippen molar-refractivity contribution in [2.75, 3.05) is 0 Å². The van der Waals surface area contributed by atoms with E-state index in [0.29, 0.717) is 17.4 Å². The molecule has 1 saturated carbocycles. The highest BCUT2D eigenvalue weighted by Gasteiger charge is 2.54. The minimum atomic E-state index is -0.881. The predicted octanol–water partition coefficient (Wildman–Crippen LogP) is 6.44. The molecule has 4 rings (SSSR count). The van der Waals surface area contributed by atoms with E-state index in [9.17, 15) is 9.90 Å². The summed E-state index contributed by atoms with van der Waals surface area (Å²) in [6.07, 6.45) is 3.40. The maximum Gasteiger partial charge on any atom is 0.335 e. The Labute approximate surface area is 172 Å². The van der Waals surface area contributed by atoms with Crippen molar-refractivity contribution in [2.24, 2.45) is 5.92 Å². The van der Waals surface area contributed by atoms with Gasteiger partial charge in [0.25, 0.3) is 0 Å². The van der Waals surface area contributed by atoms with Crippen LogP contribution in [0.4, 0.5) is 0 Å². The molecule has 0 radical (unpaired) electrons. The second-order valence-corrected chi connectivity index (χ2v) is 8.21. The third-order valence-electron chi connectivity index (χ3n) is 6.22. The quantitative estimate of drug-likeness (QED) is 0.516. The van der Waals surface area contributed by atoms with Crippen LogP contribution in [0.2, 0.25) is 0 Å². The average Bonchev–Trinajstić information content (AvgIpc) is 2.73. The number of rotatable bonds is 5. The van der Waals surface area contributed by atoms with E-state index in [1.807, 2.05) is 12.1 Å². The normalized spacial score (nSPS) is 19.8. The van der Waals surface area contributed by atoms with E-state index in [1.165, 1.54) is 22.3 Å². The molecule has 0 bridgehead atoms. The van der Waals surface area contributed by atoms with Crippen molar-refractivity contribution in [3.63, 3.8) is 0 Å². The Hall–Kier alpha value is -3.13. The summed E-state index contributed by atoms with van der Waals surface area (Å²) < 4.78 is 0. The minimum Gasteiger partial charge on any atom is -0.478 e. The van der Waals surface area contributed by atoms with Gasteiger partial charge in [0.05, 0.1) is 5.56 Å². The molecule has 2 atom stereocenters. The molecule has 3 aromatic rings. The van der Waals surface area contributed by atoms with Gasteiger partial charge in [0.1, 0.15) is 0 Å². The molecular weight excluding hydrogens is 356 g/mol. The van der Waals surface area contributed by atoms with Crippen molar-refractivity contribution >= 4 is 5.97 Å². The fourth-order valence-electron chi connectivity index (χ4n) is 4.87. The topological polar surface area (TPSA) is 37.3 Å². The number of hydrogen-bond donors (Lipinski definition) is 1. The minimum absolute atomic E-state index is 0.0735. The van der Waals surface area contributed by atoms with Crippen molar-refractivity contribution < 1.29 is 9.90 Å². The van der Waals surface area contributed by atoms with Gasteiger partial charge >= 0.3 is 5.97 Å². The number of allylic oxidation sites excluding steroid dienone is 2. The molecule has 1 aliphatic carbocycles. The highest BCUT2D eigenvalue weighted by atomic mass is 16.4. The van der Waals surface area contributed by atoms with Crippen LogP contribution >= 0.6 is 0 Å². The third-order valence-corrected chi connectivity index (χ3v) is 6.22. The number of aromatic carboxylic acids is 1. The second-order valence-electron chi connectivity index (χ2n) is 8.21. The van der Waals surface area contributed by atoms with Crippen LogP contribution in [0.25, 0.3) is 0 Å². The van der Waals surface area contributed by atoms with Crippen LogP contribution < -0.4 is 0 Å². The zero-order chi connectivity index (χ0) is 20.4. The fraction of sp³-hybridized carbons (Fsp3) is 0.222. The van der Waals surface area contributed by atoms with Crippen molar-refractivity contribution in [3.05, 3.63) is 119 Å². The van der Waals surface area contributed by atoms with Crippen LogP contribution in [0.5, 0.6) is 0 Å². The Bertz CT molecular complexity index is 974. The maximum atomic E-state index is 11.2. The van der Waals surface area contributed by atoms with Gasteiger partial charge in [0.15, 0.2) is 0 Å². The van der Waals surface area contributed by atoms with E-state index in [-0.39, 0.29) is 5.41 Å². The van der Waals surface area contributed by atoms with Crippen LogP contribution in [0.15, 0.2) is 96.6 Å². The molecule has 1 aliphatic rings. The lowest BCUT2D eigenvalue weighted by atomic mass is 9.47. The highest BCUT2D eigenvalue weighted by Crippen LogP contribution is 2.61. The summed E-state index contributed by atoms with van der Waals surface area (Å²) >= 11 is 0. The summed E-state index contributed by atoms with van der Waals surface area (Å²) in [5.74, 6) is -0.213. The van der Waals surface area contributed by atoms with Gasteiger partial charge in [-0.05, 0) is 60.9 Å². The summed E-state index contributed by atoms with van der Waals surface area (Å²) in [6, 6.07) is 29.0. The van der Waals surface area contributed by atoms with Gasteiger partial charge < -0.3 is 5.11 Å². The Kier molecular flexibility index (Phi) is 5.10. The largest absolute Gasteiger partial charge is 0.478 e. The summed E-state index contributed by atoms with van der Waals surface area (Å²) in [4.78, 5) is 11.2. The molecule has 0 heterocycles. The standard InChI is InChI=1S/C27H26O2/c1-19(2)17-25-24(20-13-15-21(16-14-20)26(28)29)18-27(25,22-9-5-3-6-10-22)23-11-7-4-8-12-23/h3-17,24-25H,18H2,1-2H3,(H,28,29). The Morgan fingerprint density at radius 3 is 1.83 bits per heavy atom. The molecule has 0 aliphatic heterocycles. The van der Waals surface area contributed by atoms with E-state index in [2.05, 4.69) is 80.6 Å². The lowest BCUT2D eigenvalue weighted by Crippen LogP contribution is -2.50. The van der Waals surface area contributed by atoms with Crippen molar-refractivity contribution in [1.82, 2.24) is 0 Å². The van der Waals surface area contributed by atoms with E-state index >= 15 is 0 Å². The van der Waals surface area contributed by atoms with Crippen molar-refractivity contribution in [1.29, 1.82) is 0 Å². The van der Waals surface area contributed by atoms with Crippen molar-refractivity contribution in [2.45, 2.75) is 31.6 Å². The summed E-state index contributed by atoms with van der Waals surface area (Å²) in [6.45, 7) is 4.31. The number of benzene rings is 3. The van der Waals surface area contributed by atoms with Gasteiger partial charge in [-0.1, -0.05) is 84.4 Å². The van der Waals surface area contributed by atoms with E-state index in [4.69, 9.17) is 0 Å². The monoisotopic (exact) mass is 382 g/mol.